The van der Waals surface area contributed by atoms with Crippen LogP contribution in [0.2, 0.25) is 0 Å². The first kappa shape index (κ1) is 10.1. The summed E-state index contributed by atoms with van der Waals surface area (Å²) in [4.78, 5) is 0. The summed E-state index contributed by atoms with van der Waals surface area (Å²) >= 11 is 5.14. The first-order chi connectivity index (χ1) is 7.15. The van der Waals surface area contributed by atoms with Gasteiger partial charge in [0.1, 0.15) is 10.5 Å². The number of aromatic amines is 1. The van der Waals surface area contributed by atoms with Gasteiger partial charge in [0, 0.05) is 5.69 Å². The second-order valence-corrected chi connectivity index (χ2v) is 3.91. The lowest BCUT2D eigenvalue weighted by Gasteiger charge is -2.03. The van der Waals surface area contributed by atoms with E-state index in [1.165, 1.54) is 12.1 Å². The Kier molecular flexibility index (Phi) is 2.68. The largest absolute Gasteiger partial charge is 0.302 e. The van der Waals surface area contributed by atoms with Gasteiger partial charge < -0.3 is 5.10 Å². The zero-order chi connectivity index (χ0) is 10.8. The molecule has 0 aliphatic rings. The molecule has 2 nitrogen and oxygen atoms in total. The normalized spacial score (nSPS) is 10.5. The lowest BCUT2D eigenvalue weighted by molar-refractivity contribution is 0.617. The quantitative estimate of drug-likeness (QED) is 0.774. The molecule has 0 saturated heterocycles. The van der Waals surface area contributed by atoms with Crippen molar-refractivity contribution >= 4 is 12.2 Å². The van der Waals surface area contributed by atoms with E-state index in [1.54, 1.807) is 6.07 Å². The number of hydrogen-bond donors (Lipinski definition) is 1. The van der Waals surface area contributed by atoms with Crippen LogP contribution in [0.25, 0.3) is 0 Å². The number of aryl methyl sites for hydroxylation is 1. The van der Waals surface area contributed by atoms with E-state index in [1.807, 2.05) is 23.7 Å². The van der Waals surface area contributed by atoms with E-state index in [-0.39, 0.29) is 5.82 Å². The summed E-state index contributed by atoms with van der Waals surface area (Å²) in [6.45, 7) is 2.52. The Balaban J connectivity index is 2.29. The minimum Gasteiger partial charge on any atom is -0.302 e. The smallest absolute Gasteiger partial charge is 0.123 e. The molecule has 2 aromatic rings. The van der Waals surface area contributed by atoms with Crippen LogP contribution in [0.4, 0.5) is 4.39 Å². The molecule has 1 N–H and O–H groups in total. The number of halogens is 1. The molecule has 0 aliphatic heterocycles. The summed E-state index contributed by atoms with van der Waals surface area (Å²) in [5.74, 6) is -0.220. The van der Waals surface area contributed by atoms with Gasteiger partial charge >= 0.3 is 0 Å². The third kappa shape index (κ3) is 2.33. The monoisotopic (exact) mass is 222 g/mol. The molecule has 0 saturated carbocycles. The van der Waals surface area contributed by atoms with E-state index in [0.717, 1.165) is 15.9 Å². The first-order valence-corrected chi connectivity index (χ1v) is 5.07. The number of aromatic nitrogens is 2. The predicted octanol–water partition coefficient (Wildman–Crippen LogP) is 3.04. The van der Waals surface area contributed by atoms with Crippen LogP contribution in [0.1, 0.15) is 11.3 Å². The molecule has 1 heterocycles. The number of nitrogens with zero attached hydrogens (tertiary/aromatic N) is 1. The van der Waals surface area contributed by atoms with Crippen LogP contribution in [-0.4, -0.2) is 9.78 Å². The van der Waals surface area contributed by atoms with Gasteiger partial charge in [-0.05, 0) is 30.7 Å². The Bertz CT molecular complexity index is 527. The van der Waals surface area contributed by atoms with Gasteiger partial charge in [-0.25, -0.2) is 4.39 Å². The molecular weight excluding hydrogens is 211 g/mol. The number of H-pyrrole nitrogens is 1. The fourth-order valence-electron chi connectivity index (χ4n) is 1.50. The van der Waals surface area contributed by atoms with Crippen LogP contribution in [0.3, 0.4) is 0 Å². The highest BCUT2D eigenvalue weighted by atomic mass is 32.1. The molecule has 0 fully saturated rings. The van der Waals surface area contributed by atoms with Crippen LogP contribution in [0, 0.1) is 17.4 Å². The van der Waals surface area contributed by atoms with Crippen molar-refractivity contribution in [2.24, 2.45) is 0 Å². The maximum atomic E-state index is 12.9. The highest BCUT2D eigenvalue weighted by Crippen LogP contribution is 2.07. The summed E-state index contributed by atoms with van der Waals surface area (Å²) in [6.07, 6.45) is 0. The molecule has 78 valence electrons. The lowest BCUT2D eigenvalue weighted by Crippen LogP contribution is -2.02. The second-order valence-electron chi connectivity index (χ2n) is 3.49. The van der Waals surface area contributed by atoms with Gasteiger partial charge in [-0.15, -0.1) is 0 Å². The van der Waals surface area contributed by atoms with Gasteiger partial charge in [0.25, 0.3) is 0 Å². The molecule has 1 aromatic heterocycles. The van der Waals surface area contributed by atoms with Crippen LogP contribution in [0.5, 0.6) is 0 Å². The SMILES string of the molecule is Cc1cc(=S)n(Cc2cccc(F)c2)[nH]1. The molecule has 0 spiro atoms. The Morgan fingerprint density at radius 2 is 2.20 bits per heavy atom. The third-order valence-electron chi connectivity index (χ3n) is 2.15. The maximum absolute atomic E-state index is 12.9. The number of hydrogen-bond acceptors (Lipinski definition) is 1. The van der Waals surface area contributed by atoms with Crippen molar-refractivity contribution in [3.8, 4) is 0 Å². The van der Waals surface area contributed by atoms with Crippen LogP contribution in [-0.2, 0) is 6.54 Å². The predicted molar refractivity (Wildman–Crippen MR) is 59.9 cm³/mol. The molecule has 15 heavy (non-hydrogen) atoms. The molecule has 0 atom stereocenters. The molecule has 2 rings (SSSR count). The van der Waals surface area contributed by atoms with Gasteiger partial charge in [-0.1, -0.05) is 24.4 Å². The van der Waals surface area contributed by atoms with E-state index >= 15 is 0 Å². The van der Waals surface area contributed by atoms with Gasteiger partial charge in [-0.2, -0.15) is 0 Å². The first-order valence-electron chi connectivity index (χ1n) is 4.66. The van der Waals surface area contributed by atoms with Crippen molar-refractivity contribution in [3.63, 3.8) is 0 Å². The van der Waals surface area contributed by atoms with Gasteiger partial charge in [0.2, 0.25) is 0 Å². The molecule has 0 amide bonds. The minimum absolute atomic E-state index is 0.220. The highest BCUT2D eigenvalue weighted by Gasteiger charge is 1.99. The summed E-state index contributed by atoms with van der Waals surface area (Å²) in [6, 6.07) is 8.40. The second kappa shape index (κ2) is 3.98. The average molecular weight is 222 g/mol. The van der Waals surface area contributed by atoms with Crippen molar-refractivity contribution in [1.29, 1.82) is 0 Å². The van der Waals surface area contributed by atoms with E-state index in [2.05, 4.69) is 5.10 Å². The minimum atomic E-state index is -0.220. The van der Waals surface area contributed by atoms with Crippen molar-refractivity contribution in [1.82, 2.24) is 9.78 Å². The van der Waals surface area contributed by atoms with Crippen molar-refractivity contribution in [2.75, 3.05) is 0 Å². The molecular formula is C11H11FN2S. The van der Waals surface area contributed by atoms with Gasteiger partial charge in [0.05, 0.1) is 6.54 Å². The standard InChI is InChI=1S/C11H11FN2S/c1-8-5-11(15)14(13-8)7-9-3-2-4-10(12)6-9/h2-6,13H,7H2,1H3. The van der Waals surface area contributed by atoms with Gasteiger partial charge in [0.15, 0.2) is 0 Å². The number of benzene rings is 1. The zero-order valence-corrected chi connectivity index (χ0v) is 9.14. The molecule has 0 radical (unpaired) electrons. The average Bonchev–Trinajstić information content (AvgIpc) is 2.45. The molecule has 4 heteroatoms. The Labute approximate surface area is 92.3 Å². The highest BCUT2D eigenvalue weighted by molar-refractivity contribution is 7.71. The third-order valence-corrected chi connectivity index (χ3v) is 2.49. The van der Waals surface area contributed by atoms with Crippen molar-refractivity contribution in [3.05, 3.63) is 52.0 Å². The van der Waals surface area contributed by atoms with E-state index in [4.69, 9.17) is 12.2 Å². The number of nitrogens with one attached hydrogen (secondary N) is 1. The summed E-state index contributed by atoms with van der Waals surface area (Å²) in [5.41, 5.74) is 1.91. The van der Waals surface area contributed by atoms with E-state index < -0.39 is 0 Å². The Hall–Kier alpha value is -1.42. The Morgan fingerprint density at radius 1 is 1.40 bits per heavy atom. The topological polar surface area (TPSA) is 20.7 Å². The fourth-order valence-corrected chi connectivity index (χ4v) is 1.79. The molecule has 1 aromatic carbocycles. The molecule has 0 aliphatic carbocycles. The summed E-state index contributed by atoms with van der Waals surface area (Å²) in [7, 11) is 0. The zero-order valence-electron chi connectivity index (χ0n) is 8.33. The number of rotatable bonds is 2. The Morgan fingerprint density at radius 3 is 2.80 bits per heavy atom. The lowest BCUT2D eigenvalue weighted by atomic mass is 10.2. The van der Waals surface area contributed by atoms with E-state index in [9.17, 15) is 4.39 Å². The van der Waals surface area contributed by atoms with Crippen molar-refractivity contribution < 1.29 is 4.39 Å². The maximum Gasteiger partial charge on any atom is 0.123 e. The summed E-state index contributed by atoms with van der Waals surface area (Å²) < 4.78 is 15.5. The molecule has 0 unspecified atom stereocenters. The summed E-state index contributed by atoms with van der Waals surface area (Å²) in [5, 5.41) is 3.10. The van der Waals surface area contributed by atoms with Crippen LogP contribution >= 0.6 is 12.2 Å². The van der Waals surface area contributed by atoms with Crippen molar-refractivity contribution in [2.45, 2.75) is 13.5 Å². The van der Waals surface area contributed by atoms with Crippen LogP contribution in [0.15, 0.2) is 30.3 Å². The molecule has 0 bridgehead atoms. The van der Waals surface area contributed by atoms with E-state index in [0.29, 0.717) is 6.54 Å². The van der Waals surface area contributed by atoms with Crippen LogP contribution < -0.4 is 0 Å². The van der Waals surface area contributed by atoms with Gasteiger partial charge in [-0.3, -0.25) is 4.68 Å². The fraction of sp³-hybridized carbons (Fsp3) is 0.182.